The van der Waals surface area contributed by atoms with E-state index in [9.17, 15) is 5.02 Å². The maximum atomic E-state index is 9.35. The van der Waals surface area contributed by atoms with Gasteiger partial charge in [0, 0.05) is 7.11 Å². The quantitative estimate of drug-likeness (QED) is 0.693. The fraction of sp³-hybridized carbons (Fsp3) is 0.400. The molecule has 0 spiro atoms. The topological polar surface area (TPSA) is 29.5 Å². The second kappa shape index (κ2) is 3.52. The van der Waals surface area contributed by atoms with Gasteiger partial charge in [0.05, 0.1) is 0 Å². The van der Waals surface area contributed by atoms with Crippen LogP contribution in [0.1, 0.15) is 24.3 Å². The van der Waals surface area contributed by atoms with Crippen molar-refractivity contribution < 1.29 is 9.68 Å². The molecule has 0 aromatic heterocycles. The predicted octanol–water partition coefficient (Wildman–Crippen LogP) is 0.898. The lowest BCUT2D eigenvalue weighted by Gasteiger charge is -2.04. The lowest BCUT2D eigenvalue weighted by atomic mass is 9.79. The molecule has 1 N–H and O–H groups in total. The van der Waals surface area contributed by atoms with E-state index in [4.69, 9.17) is 4.65 Å². The lowest BCUT2D eigenvalue weighted by molar-refractivity contribution is 0.341. The number of hydrogen-bond acceptors (Lipinski definition) is 2. The van der Waals surface area contributed by atoms with Crippen LogP contribution < -0.4 is 5.46 Å². The molecule has 0 bridgehead atoms. The largest absolute Gasteiger partial charge is 0.490 e. The average molecular weight is 176 g/mol. The van der Waals surface area contributed by atoms with E-state index in [1.54, 1.807) is 0 Å². The Bertz CT molecular complexity index is 279. The molecule has 1 aromatic rings. The van der Waals surface area contributed by atoms with Crippen molar-refractivity contribution in [1.82, 2.24) is 0 Å². The monoisotopic (exact) mass is 176 g/mol. The fourth-order valence-corrected chi connectivity index (χ4v) is 1.49. The second-order valence-corrected chi connectivity index (χ2v) is 3.53. The summed E-state index contributed by atoms with van der Waals surface area (Å²) in [6, 6.07) is 8.02. The summed E-state index contributed by atoms with van der Waals surface area (Å²) in [4.78, 5) is 0. The SMILES string of the molecule is COB(O)c1ccc(C2CC2)cc1. The smallest absolute Gasteiger partial charge is 0.423 e. The molecule has 13 heavy (non-hydrogen) atoms. The Morgan fingerprint density at radius 3 is 2.38 bits per heavy atom. The predicted molar refractivity (Wildman–Crippen MR) is 53.0 cm³/mol. The first kappa shape index (κ1) is 8.79. The van der Waals surface area contributed by atoms with E-state index in [1.807, 2.05) is 12.1 Å². The Kier molecular flexibility index (Phi) is 2.38. The molecular weight excluding hydrogens is 163 g/mol. The van der Waals surface area contributed by atoms with Crippen LogP contribution in [0.25, 0.3) is 0 Å². The van der Waals surface area contributed by atoms with Crippen LogP contribution in [-0.2, 0) is 4.65 Å². The summed E-state index contributed by atoms with van der Waals surface area (Å²) in [7, 11) is 0.715. The first-order chi connectivity index (χ1) is 6.31. The zero-order valence-electron chi connectivity index (χ0n) is 7.73. The van der Waals surface area contributed by atoms with Crippen molar-refractivity contribution in [1.29, 1.82) is 0 Å². The highest BCUT2D eigenvalue weighted by atomic mass is 16.5. The highest BCUT2D eigenvalue weighted by Gasteiger charge is 2.23. The molecule has 0 aliphatic heterocycles. The van der Waals surface area contributed by atoms with E-state index in [-0.39, 0.29) is 0 Å². The van der Waals surface area contributed by atoms with Crippen molar-refractivity contribution in [3.05, 3.63) is 29.8 Å². The molecule has 0 atom stereocenters. The van der Waals surface area contributed by atoms with Crippen molar-refractivity contribution in [3.63, 3.8) is 0 Å². The van der Waals surface area contributed by atoms with Gasteiger partial charge < -0.3 is 9.68 Å². The molecule has 0 heterocycles. The van der Waals surface area contributed by atoms with Gasteiger partial charge in [-0.05, 0) is 29.8 Å². The Morgan fingerprint density at radius 1 is 1.31 bits per heavy atom. The lowest BCUT2D eigenvalue weighted by Crippen LogP contribution is -2.32. The van der Waals surface area contributed by atoms with Gasteiger partial charge in [0.15, 0.2) is 0 Å². The van der Waals surface area contributed by atoms with Gasteiger partial charge in [0.25, 0.3) is 0 Å². The molecule has 0 saturated heterocycles. The molecule has 1 aliphatic rings. The third-order valence-corrected chi connectivity index (χ3v) is 2.49. The molecule has 1 aromatic carbocycles. The zero-order valence-corrected chi connectivity index (χ0v) is 7.73. The van der Waals surface area contributed by atoms with Gasteiger partial charge in [-0.1, -0.05) is 24.3 Å². The summed E-state index contributed by atoms with van der Waals surface area (Å²) in [5, 5.41) is 9.35. The van der Waals surface area contributed by atoms with Gasteiger partial charge in [0.1, 0.15) is 0 Å². The number of rotatable bonds is 3. The van der Waals surface area contributed by atoms with Crippen LogP contribution in [0.5, 0.6) is 0 Å². The van der Waals surface area contributed by atoms with Crippen LogP contribution in [-0.4, -0.2) is 19.3 Å². The van der Waals surface area contributed by atoms with E-state index in [0.29, 0.717) is 0 Å². The number of hydrogen-bond donors (Lipinski definition) is 1. The molecule has 0 unspecified atom stereocenters. The van der Waals surface area contributed by atoms with Crippen molar-refractivity contribution >= 4 is 12.6 Å². The highest BCUT2D eigenvalue weighted by molar-refractivity contribution is 6.59. The summed E-state index contributed by atoms with van der Waals surface area (Å²) in [6.07, 6.45) is 2.62. The van der Waals surface area contributed by atoms with Crippen LogP contribution in [0.3, 0.4) is 0 Å². The molecular formula is C10H13BO2. The molecule has 68 valence electrons. The minimum Gasteiger partial charge on any atom is -0.423 e. The van der Waals surface area contributed by atoms with Crippen LogP contribution in [0, 0.1) is 0 Å². The van der Waals surface area contributed by atoms with Crippen molar-refractivity contribution in [3.8, 4) is 0 Å². The van der Waals surface area contributed by atoms with Gasteiger partial charge in [0.2, 0.25) is 0 Å². The van der Waals surface area contributed by atoms with E-state index in [2.05, 4.69) is 12.1 Å². The first-order valence-electron chi connectivity index (χ1n) is 4.62. The average Bonchev–Trinajstić information content (AvgIpc) is 3.00. The van der Waals surface area contributed by atoms with Crippen molar-refractivity contribution in [2.75, 3.05) is 7.11 Å². The van der Waals surface area contributed by atoms with Crippen LogP contribution in [0.2, 0.25) is 0 Å². The van der Waals surface area contributed by atoms with Crippen LogP contribution >= 0.6 is 0 Å². The molecule has 1 fully saturated rings. The van der Waals surface area contributed by atoms with Gasteiger partial charge in [-0.3, -0.25) is 0 Å². The molecule has 2 rings (SSSR count). The zero-order chi connectivity index (χ0) is 9.26. The fourth-order valence-electron chi connectivity index (χ4n) is 1.49. The Balaban J connectivity index is 2.12. The van der Waals surface area contributed by atoms with E-state index >= 15 is 0 Å². The van der Waals surface area contributed by atoms with E-state index in [0.717, 1.165) is 11.4 Å². The summed E-state index contributed by atoms with van der Waals surface area (Å²) in [5.41, 5.74) is 2.21. The summed E-state index contributed by atoms with van der Waals surface area (Å²) in [6.45, 7) is 0. The maximum Gasteiger partial charge on any atom is 0.490 e. The van der Waals surface area contributed by atoms with Gasteiger partial charge in [-0.2, -0.15) is 0 Å². The summed E-state index contributed by atoms with van der Waals surface area (Å²) >= 11 is 0. The molecule has 2 nitrogen and oxygen atoms in total. The first-order valence-corrected chi connectivity index (χ1v) is 4.62. The third-order valence-electron chi connectivity index (χ3n) is 2.49. The Morgan fingerprint density at radius 2 is 1.92 bits per heavy atom. The minimum atomic E-state index is -0.784. The second-order valence-electron chi connectivity index (χ2n) is 3.53. The molecule has 1 saturated carbocycles. The molecule has 0 radical (unpaired) electrons. The molecule has 1 aliphatic carbocycles. The van der Waals surface area contributed by atoms with Crippen molar-refractivity contribution in [2.45, 2.75) is 18.8 Å². The van der Waals surface area contributed by atoms with Gasteiger partial charge >= 0.3 is 7.12 Å². The minimum absolute atomic E-state index is 0.772. The maximum absolute atomic E-state index is 9.35. The van der Waals surface area contributed by atoms with E-state index in [1.165, 1.54) is 25.5 Å². The molecule has 3 heteroatoms. The summed E-state index contributed by atoms with van der Waals surface area (Å²) < 4.78 is 4.81. The molecule has 0 amide bonds. The van der Waals surface area contributed by atoms with Crippen LogP contribution in [0.15, 0.2) is 24.3 Å². The van der Waals surface area contributed by atoms with Gasteiger partial charge in [-0.15, -0.1) is 0 Å². The summed E-state index contributed by atoms with van der Waals surface area (Å²) in [5.74, 6) is 0.772. The third kappa shape index (κ3) is 1.93. The highest BCUT2D eigenvalue weighted by Crippen LogP contribution is 2.39. The van der Waals surface area contributed by atoms with Crippen LogP contribution in [0.4, 0.5) is 0 Å². The Hall–Kier alpha value is -0.795. The number of benzene rings is 1. The Labute approximate surface area is 78.7 Å². The standard InChI is InChI=1S/C10H13BO2/c1-13-11(12)10-6-4-9(5-7-10)8-2-3-8/h4-8,12H,2-3H2,1H3. The van der Waals surface area contributed by atoms with Crippen molar-refractivity contribution in [2.24, 2.45) is 0 Å². The van der Waals surface area contributed by atoms with Gasteiger partial charge in [-0.25, -0.2) is 0 Å². The van der Waals surface area contributed by atoms with E-state index < -0.39 is 7.12 Å². The normalized spacial score (nSPS) is 15.8.